The van der Waals surface area contributed by atoms with Crippen molar-refractivity contribution in [3.63, 3.8) is 0 Å². The molecule has 20 heavy (non-hydrogen) atoms. The number of unbranched alkanes of at least 4 members (excludes halogenated alkanes) is 13. The predicted octanol–water partition coefficient (Wildman–Crippen LogP) is 6.41. The summed E-state index contributed by atoms with van der Waals surface area (Å²) >= 11 is 4.24. The Hall–Kier alpha value is 0.310. The highest BCUT2D eigenvalue weighted by molar-refractivity contribution is 7.80. The maximum absolute atomic E-state index is 5.34. The molecule has 0 bridgehead atoms. The molecule has 0 aromatic rings. The highest BCUT2D eigenvalue weighted by Crippen LogP contribution is 2.13. The third-order valence-corrected chi connectivity index (χ3v) is 4.22. The molecule has 0 aliphatic rings. The first-order valence-corrected chi connectivity index (χ1v) is 9.73. The van der Waals surface area contributed by atoms with Crippen LogP contribution in [-0.4, -0.2) is 19.0 Å². The van der Waals surface area contributed by atoms with Crippen molar-refractivity contribution >= 4 is 12.6 Å². The van der Waals surface area contributed by atoms with E-state index in [4.69, 9.17) is 4.74 Å². The first kappa shape index (κ1) is 20.3. The molecule has 1 nitrogen and oxygen atoms in total. The van der Waals surface area contributed by atoms with Gasteiger partial charge < -0.3 is 4.74 Å². The molecule has 2 heteroatoms. The average Bonchev–Trinajstić information content (AvgIpc) is 2.47. The normalized spacial score (nSPS) is 11.1. The minimum Gasteiger partial charge on any atom is -0.382 e. The maximum Gasteiger partial charge on any atom is 0.0465 e. The second-order valence-corrected chi connectivity index (χ2v) is 6.32. The number of ether oxygens (including phenoxy) is 1. The fourth-order valence-corrected chi connectivity index (χ4v) is 2.81. The van der Waals surface area contributed by atoms with E-state index >= 15 is 0 Å². The quantitative estimate of drug-likeness (QED) is 0.241. The first-order valence-electron chi connectivity index (χ1n) is 9.10. The largest absolute Gasteiger partial charge is 0.382 e. The van der Waals surface area contributed by atoms with Crippen LogP contribution >= 0.6 is 12.6 Å². The molecule has 0 aliphatic heterocycles. The molecule has 0 atom stereocenters. The van der Waals surface area contributed by atoms with E-state index in [1.807, 2.05) is 0 Å². The molecule has 0 amide bonds. The van der Waals surface area contributed by atoms with E-state index in [1.54, 1.807) is 0 Å². The van der Waals surface area contributed by atoms with Crippen LogP contribution in [0.3, 0.4) is 0 Å². The summed E-state index contributed by atoms with van der Waals surface area (Å²) in [4.78, 5) is 0. The van der Waals surface area contributed by atoms with Gasteiger partial charge in [-0.1, -0.05) is 77.0 Å². The van der Waals surface area contributed by atoms with Gasteiger partial charge in [-0.2, -0.15) is 12.6 Å². The van der Waals surface area contributed by atoms with Crippen LogP contribution in [0.2, 0.25) is 0 Å². The van der Waals surface area contributed by atoms with Crippen molar-refractivity contribution in [2.24, 2.45) is 0 Å². The minimum atomic E-state index is 0.870. The third kappa shape index (κ3) is 18.3. The lowest BCUT2D eigenvalue weighted by Gasteiger charge is -2.03. The molecule has 0 saturated heterocycles. The van der Waals surface area contributed by atoms with Gasteiger partial charge in [0.1, 0.15) is 0 Å². The molecule has 0 aromatic heterocycles. The lowest BCUT2D eigenvalue weighted by Crippen LogP contribution is -1.92. The first-order chi connectivity index (χ1) is 9.91. The molecular formula is C18H38OS. The van der Waals surface area contributed by atoms with Crippen molar-refractivity contribution in [1.29, 1.82) is 0 Å². The van der Waals surface area contributed by atoms with Gasteiger partial charge in [0, 0.05) is 13.2 Å². The summed E-state index contributed by atoms with van der Waals surface area (Å²) in [7, 11) is 0. The number of rotatable bonds is 17. The molecule has 0 rings (SSSR count). The van der Waals surface area contributed by atoms with Gasteiger partial charge in [-0.05, 0) is 25.5 Å². The summed E-state index contributed by atoms with van der Waals surface area (Å²) in [5.41, 5.74) is 0. The highest BCUT2D eigenvalue weighted by atomic mass is 32.1. The van der Waals surface area contributed by atoms with Crippen LogP contribution in [0.4, 0.5) is 0 Å². The van der Waals surface area contributed by atoms with E-state index in [2.05, 4.69) is 19.6 Å². The Kier molecular flexibility index (Phi) is 19.6. The molecule has 0 spiro atoms. The molecule has 0 aromatic carbocycles. The Bertz CT molecular complexity index is 143. The Labute approximate surface area is 133 Å². The van der Waals surface area contributed by atoms with Crippen molar-refractivity contribution < 1.29 is 4.74 Å². The Morgan fingerprint density at radius 1 is 0.550 bits per heavy atom. The van der Waals surface area contributed by atoms with Crippen molar-refractivity contribution in [2.75, 3.05) is 19.0 Å². The van der Waals surface area contributed by atoms with E-state index < -0.39 is 0 Å². The molecule has 122 valence electrons. The number of hydrogen-bond donors (Lipinski definition) is 1. The molecule has 0 fully saturated rings. The summed E-state index contributed by atoms with van der Waals surface area (Å²) in [6, 6.07) is 0. The van der Waals surface area contributed by atoms with Gasteiger partial charge in [-0.15, -0.1) is 0 Å². The Balaban J connectivity index is 2.89. The van der Waals surface area contributed by atoms with Crippen LogP contribution in [0.15, 0.2) is 0 Å². The van der Waals surface area contributed by atoms with Crippen LogP contribution in [0, 0.1) is 0 Å². The zero-order chi connectivity index (χ0) is 14.7. The number of hydrogen-bond acceptors (Lipinski definition) is 2. The van der Waals surface area contributed by atoms with Crippen molar-refractivity contribution in [2.45, 2.75) is 96.8 Å². The fraction of sp³-hybridized carbons (Fsp3) is 1.00. The van der Waals surface area contributed by atoms with Crippen molar-refractivity contribution in [3.8, 4) is 0 Å². The Morgan fingerprint density at radius 3 is 1.25 bits per heavy atom. The van der Waals surface area contributed by atoms with Gasteiger partial charge in [0.2, 0.25) is 0 Å². The van der Waals surface area contributed by atoms with Crippen LogP contribution in [-0.2, 0) is 4.74 Å². The second kappa shape index (κ2) is 19.3. The molecule has 0 saturated carbocycles. The van der Waals surface area contributed by atoms with Gasteiger partial charge in [0.15, 0.2) is 0 Å². The summed E-state index contributed by atoms with van der Waals surface area (Å²) in [5.74, 6) is 1.06. The molecule has 0 N–H and O–H groups in total. The standard InChI is InChI=1S/C18H38OS/c1-2-19-17-15-13-11-9-7-5-3-4-6-8-10-12-14-16-18-20/h20H,2-18H2,1H3. The summed E-state index contributed by atoms with van der Waals surface area (Å²) < 4.78 is 5.34. The monoisotopic (exact) mass is 302 g/mol. The average molecular weight is 303 g/mol. The zero-order valence-corrected chi connectivity index (χ0v) is 14.8. The molecule has 0 unspecified atom stereocenters. The van der Waals surface area contributed by atoms with Gasteiger partial charge in [0.25, 0.3) is 0 Å². The van der Waals surface area contributed by atoms with E-state index in [0.29, 0.717) is 0 Å². The van der Waals surface area contributed by atoms with Crippen LogP contribution in [0.1, 0.15) is 96.8 Å². The molecule has 0 aliphatic carbocycles. The van der Waals surface area contributed by atoms with E-state index in [-0.39, 0.29) is 0 Å². The van der Waals surface area contributed by atoms with Gasteiger partial charge >= 0.3 is 0 Å². The summed E-state index contributed by atoms with van der Waals surface area (Å²) in [6.45, 7) is 3.90. The van der Waals surface area contributed by atoms with Crippen LogP contribution in [0.25, 0.3) is 0 Å². The third-order valence-electron chi connectivity index (χ3n) is 3.90. The SMILES string of the molecule is CCOCCCCCCCCCCCCCCCCS. The Morgan fingerprint density at radius 2 is 0.900 bits per heavy atom. The van der Waals surface area contributed by atoms with Gasteiger partial charge in [-0.25, -0.2) is 0 Å². The van der Waals surface area contributed by atoms with Crippen molar-refractivity contribution in [1.82, 2.24) is 0 Å². The second-order valence-electron chi connectivity index (χ2n) is 5.87. The van der Waals surface area contributed by atoms with Crippen LogP contribution < -0.4 is 0 Å². The van der Waals surface area contributed by atoms with Gasteiger partial charge in [0.05, 0.1) is 0 Å². The summed E-state index contributed by atoms with van der Waals surface area (Å²) in [5, 5.41) is 0. The maximum atomic E-state index is 5.34. The molecule has 0 radical (unpaired) electrons. The zero-order valence-electron chi connectivity index (χ0n) is 13.9. The molecular weight excluding hydrogens is 264 g/mol. The predicted molar refractivity (Wildman–Crippen MR) is 95.0 cm³/mol. The van der Waals surface area contributed by atoms with Crippen molar-refractivity contribution in [3.05, 3.63) is 0 Å². The number of thiol groups is 1. The topological polar surface area (TPSA) is 9.23 Å². The van der Waals surface area contributed by atoms with Gasteiger partial charge in [-0.3, -0.25) is 0 Å². The highest BCUT2D eigenvalue weighted by Gasteiger charge is 1.94. The van der Waals surface area contributed by atoms with Crippen LogP contribution in [0.5, 0.6) is 0 Å². The lowest BCUT2D eigenvalue weighted by molar-refractivity contribution is 0.143. The van der Waals surface area contributed by atoms with E-state index in [1.165, 1.54) is 89.9 Å². The summed E-state index contributed by atoms with van der Waals surface area (Å²) in [6.07, 6.45) is 19.7. The fourth-order valence-electron chi connectivity index (χ4n) is 2.58. The molecule has 0 heterocycles. The lowest BCUT2D eigenvalue weighted by atomic mass is 10.0. The van der Waals surface area contributed by atoms with E-state index in [9.17, 15) is 0 Å². The minimum absolute atomic E-state index is 0.870. The smallest absolute Gasteiger partial charge is 0.0465 e. The van der Waals surface area contributed by atoms with E-state index in [0.717, 1.165) is 19.0 Å².